The van der Waals surface area contributed by atoms with E-state index in [0.29, 0.717) is 6.42 Å². The van der Waals surface area contributed by atoms with Crippen molar-refractivity contribution >= 4 is 11.6 Å². The number of nitrogens with zero attached hydrogens (tertiary/aromatic N) is 1. The zero-order chi connectivity index (χ0) is 11.5. The van der Waals surface area contributed by atoms with Crippen LogP contribution >= 0.6 is 0 Å². The zero-order valence-corrected chi connectivity index (χ0v) is 10.3. The van der Waals surface area contributed by atoms with Crippen LogP contribution in [0, 0.1) is 0 Å². The highest BCUT2D eigenvalue weighted by Gasteiger charge is 1.98. The number of carbonyl (C=O) groups is 1. The molecular formula is C12H24N2O. The van der Waals surface area contributed by atoms with Gasteiger partial charge in [0.2, 0.25) is 5.91 Å². The Morgan fingerprint density at radius 1 is 1.07 bits per heavy atom. The van der Waals surface area contributed by atoms with Gasteiger partial charge in [-0.3, -0.25) is 4.79 Å². The molecule has 0 aromatic heterocycles. The number of amides is 1. The third-order valence-corrected chi connectivity index (χ3v) is 2.16. The fraction of sp³-hybridized carbons (Fsp3) is 0.833. The van der Waals surface area contributed by atoms with E-state index in [1.807, 2.05) is 13.8 Å². The molecule has 0 spiro atoms. The molecule has 3 nitrogen and oxygen atoms in total. The average Bonchev–Trinajstić information content (AvgIpc) is 2.20. The van der Waals surface area contributed by atoms with Crippen LogP contribution in [0.4, 0.5) is 0 Å². The van der Waals surface area contributed by atoms with Crippen LogP contribution in [0.15, 0.2) is 5.10 Å². The molecular weight excluding hydrogens is 188 g/mol. The summed E-state index contributed by atoms with van der Waals surface area (Å²) in [6.45, 7) is 5.94. The van der Waals surface area contributed by atoms with Gasteiger partial charge in [-0.1, -0.05) is 39.0 Å². The molecule has 0 aromatic carbocycles. The number of hydrazone groups is 1. The van der Waals surface area contributed by atoms with Crippen molar-refractivity contribution in [2.24, 2.45) is 5.10 Å². The monoisotopic (exact) mass is 212 g/mol. The second kappa shape index (κ2) is 9.69. The van der Waals surface area contributed by atoms with Crippen molar-refractivity contribution in [2.45, 2.75) is 65.7 Å². The number of nitrogens with one attached hydrogen (secondary N) is 1. The summed E-state index contributed by atoms with van der Waals surface area (Å²) in [5.74, 6) is 0.0340. The summed E-state index contributed by atoms with van der Waals surface area (Å²) in [6.07, 6.45) is 7.86. The number of hydrogen-bond donors (Lipinski definition) is 1. The van der Waals surface area contributed by atoms with Gasteiger partial charge < -0.3 is 0 Å². The van der Waals surface area contributed by atoms with Crippen molar-refractivity contribution in [3.63, 3.8) is 0 Å². The molecule has 0 atom stereocenters. The maximum Gasteiger partial charge on any atom is 0.240 e. The number of hydrogen-bond acceptors (Lipinski definition) is 2. The Balaban J connectivity index is 3.28. The largest absolute Gasteiger partial charge is 0.273 e. The Hall–Kier alpha value is -0.860. The molecule has 0 saturated heterocycles. The predicted octanol–water partition coefficient (Wildman–Crippen LogP) is 3.25. The molecule has 88 valence electrons. The second-order valence-corrected chi connectivity index (χ2v) is 4.11. The smallest absolute Gasteiger partial charge is 0.240 e. The summed E-state index contributed by atoms with van der Waals surface area (Å²) < 4.78 is 0. The lowest BCUT2D eigenvalue weighted by molar-refractivity contribution is -0.121. The van der Waals surface area contributed by atoms with Crippen LogP contribution in [0.2, 0.25) is 0 Å². The van der Waals surface area contributed by atoms with Crippen LogP contribution in [-0.4, -0.2) is 11.6 Å². The van der Waals surface area contributed by atoms with E-state index in [2.05, 4.69) is 17.5 Å². The summed E-state index contributed by atoms with van der Waals surface area (Å²) in [4.78, 5) is 11.2. The second-order valence-electron chi connectivity index (χ2n) is 4.11. The Labute approximate surface area is 93.3 Å². The third-order valence-electron chi connectivity index (χ3n) is 2.16. The Kier molecular flexibility index (Phi) is 9.13. The van der Waals surface area contributed by atoms with Crippen molar-refractivity contribution in [3.05, 3.63) is 0 Å². The van der Waals surface area contributed by atoms with Crippen LogP contribution in [0.5, 0.6) is 0 Å². The minimum absolute atomic E-state index is 0.0340. The molecule has 15 heavy (non-hydrogen) atoms. The van der Waals surface area contributed by atoms with Gasteiger partial charge in [0.15, 0.2) is 0 Å². The highest BCUT2D eigenvalue weighted by Crippen LogP contribution is 2.06. The van der Waals surface area contributed by atoms with E-state index in [1.54, 1.807) is 0 Å². The molecule has 0 radical (unpaired) electrons. The van der Waals surface area contributed by atoms with Gasteiger partial charge in [-0.15, -0.1) is 0 Å². The van der Waals surface area contributed by atoms with E-state index in [-0.39, 0.29) is 5.91 Å². The standard InChI is InChI=1S/C12H24N2O/c1-4-5-6-7-8-9-10-12(15)14-13-11(2)3/h4-10H2,1-3H3,(H,14,15). The van der Waals surface area contributed by atoms with E-state index in [0.717, 1.165) is 18.6 Å². The van der Waals surface area contributed by atoms with Crippen molar-refractivity contribution in [1.29, 1.82) is 0 Å². The van der Waals surface area contributed by atoms with Gasteiger partial charge in [-0.05, 0) is 20.3 Å². The van der Waals surface area contributed by atoms with E-state index in [9.17, 15) is 4.79 Å². The Morgan fingerprint density at radius 2 is 1.67 bits per heavy atom. The van der Waals surface area contributed by atoms with E-state index < -0.39 is 0 Å². The lowest BCUT2D eigenvalue weighted by Gasteiger charge is -2.01. The maximum absolute atomic E-state index is 11.2. The molecule has 0 unspecified atom stereocenters. The summed E-state index contributed by atoms with van der Waals surface area (Å²) in [6, 6.07) is 0. The third kappa shape index (κ3) is 11.1. The first-order valence-corrected chi connectivity index (χ1v) is 5.96. The van der Waals surface area contributed by atoms with E-state index in [1.165, 1.54) is 25.7 Å². The van der Waals surface area contributed by atoms with Gasteiger partial charge in [0.25, 0.3) is 0 Å². The van der Waals surface area contributed by atoms with Gasteiger partial charge >= 0.3 is 0 Å². The first kappa shape index (κ1) is 14.1. The van der Waals surface area contributed by atoms with Crippen molar-refractivity contribution in [3.8, 4) is 0 Å². The molecule has 3 heteroatoms. The average molecular weight is 212 g/mol. The van der Waals surface area contributed by atoms with E-state index in [4.69, 9.17) is 0 Å². The fourth-order valence-corrected chi connectivity index (χ4v) is 1.30. The molecule has 1 amide bonds. The van der Waals surface area contributed by atoms with Gasteiger partial charge in [-0.2, -0.15) is 5.10 Å². The van der Waals surface area contributed by atoms with Crippen LogP contribution < -0.4 is 5.43 Å². The highest BCUT2D eigenvalue weighted by atomic mass is 16.2. The van der Waals surface area contributed by atoms with Crippen molar-refractivity contribution in [1.82, 2.24) is 5.43 Å². The van der Waals surface area contributed by atoms with Gasteiger partial charge in [0.1, 0.15) is 0 Å². The lowest BCUT2D eigenvalue weighted by Crippen LogP contribution is -2.17. The molecule has 0 aliphatic carbocycles. The zero-order valence-electron chi connectivity index (χ0n) is 10.3. The van der Waals surface area contributed by atoms with Crippen molar-refractivity contribution in [2.75, 3.05) is 0 Å². The molecule has 1 N–H and O–H groups in total. The summed E-state index contributed by atoms with van der Waals surface area (Å²) >= 11 is 0. The summed E-state index contributed by atoms with van der Waals surface area (Å²) in [5, 5.41) is 3.87. The fourth-order valence-electron chi connectivity index (χ4n) is 1.30. The molecule has 0 bridgehead atoms. The summed E-state index contributed by atoms with van der Waals surface area (Å²) in [5.41, 5.74) is 3.41. The van der Waals surface area contributed by atoms with Crippen molar-refractivity contribution < 1.29 is 4.79 Å². The Bertz CT molecular complexity index is 196. The quantitative estimate of drug-likeness (QED) is 0.374. The minimum atomic E-state index is 0.0340. The van der Waals surface area contributed by atoms with Gasteiger partial charge in [-0.25, -0.2) is 5.43 Å². The highest BCUT2D eigenvalue weighted by molar-refractivity contribution is 5.82. The van der Waals surface area contributed by atoms with Crippen LogP contribution in [0.3, 0.4) is 0 Å². The topological polar surface area (TPSA) is 41.5 Å². The van der Waals surface area contributed by atoms with E-state index >= 15 is 0 Å². The molecule has 0 aromatic rings. The minimum Gasteiger partial charge on any atom is -0.273 e. The van der Waals surface area contributed by atoms with Crippen LogP contribution in [0.1, 0.15) is 65.7 Å². The molecule has 0 rings (SSSR count). The van der Waals surface area contributed by atoms with Gasteiger partial charge in [0, 0.05) is 12.1 Å². The van der Waals surface area contributed by atoms with Gasteiger partial charge in [0.05, 0.1) is 0 Å². The van der Waals surface area contributed by atoms with Crippen LogP contribution in [0.25, 0.3) is 0 Å². The molecule has 0 aliphatic rings. The first-order valence-electron chi connectivity index (χ1n) is 5.96. The van der Waals surface area contributed by atoms with Crippen LogP contribution in [-0.2, 0) is 4.79 Å². The normalized spacial score (nSPS) is 9.80. The lowest BCUT2D eigenvalue weighted by atomic mass is 10.1. The molecule has 0 heterocycles. The Morgan fingerprint density at radius 3 is 2.27 bits per heavy atom. The number of carbonyl (C=O) groups excluding carboxylic acids is 1. The molecule has 0 aliphatic heterocycles. The SMILES string of the molecule is CCCCCCCCC(=O)NN=C(C)C. The molecule has 0 saturated carbocycles. The summed E-state index contributed by atoms with van der Waals surface area (Å²) in [7, 11) is 0. The first-order chi connectivity index (χ1) is 7.16. The number of unbranched alkanes of at least 4 members (excludes halogenated alkanes) is 5. The number of rotatable bonds is 8. The molecule has 0 fully saturated rings. The predicted molar refractivity (Wildman–Crippen MR) is 64.9 cm³/mol. The maximum atomic E-state index is 11.2.